The normalized spacial score (nSPS) is 10.2. The lowest BCUT2D eigenvalue weighted by molar-refractivity contribution is 0.103. The number of halogens is 2. The number of Topliss-reactive ketones (excluding diaryl/α,β-unsaturated/α-hetero) is 1. The van der Waals surface area contributed by atoms with Gasteiger partial charge in [0, 0.05) is 5.56 Å². The summed E-state index contributed by atoms with van der Waals surface area (Å²) in [6.45, 7) is 5.75. The molecule has 0 N–H and O–H groups in total. The number of ketones is 1. The summed E-state index contributed by atoms with van der Waals surface area (Å²) in [6.07, 6.45) is 2.47. The van der Waals surface area contributed by atoms with Gasteiger partial charge in [0.15, 0.2) is 17.3 Å². The van der Waals surface area contributed by atoms with Gasteiger partial charge in [0.2, 0.25) is 0 Å². The number of carbonyl (C=O) groups excluding carboxylic acids is 1. The van der Waals surface area contributed by atoms with Crippen LogP contribution in [0.3, 0.4) is 0 Å². The third-order valence-corrected chi connectivity index (χ3v) is 2.90. The van der Waals surface area contributed by atoms with Crippen LogP contribution in [0.5, 0.6) is 5.75 Å². The molecule has 2 nitrogen and oxygen atoms in total. The summed E-state index contributed by atoms with van der Waals surface area (Å²) in [5, 5.41) is 0.0872. The summed E-state index contributed by atoms with van der Waals surface area (Å²) in [4.78, 5) is 12.0. The van der Waals surface area contributed by atoms with E-state index in [2.05, 4.69) is 6.58 Å². The molecule has 0 heterocycles. The molecule has 0 aliphatic heterocycles. The Labute approximate surface area is 111 Å². The fraction of sp³-hybridized carbons (Fsp3) is 0.357. The van der Waals surface area contributed by atoms with Crippen LogP contribution in [0.1, 0.15) is 36.5 Å². The van der Waals surface area contributed by atoms with Gasteiger partial charge in [-0.05, 0) is 30.5 Å². The van der Waals surface area contributed by atoms with Crippen molar-refractivity contribution in [3.63, 3.8) is 0 Å². The van der Waals surface area contributed by atoms with E-state index in [0.29, 0.717) is 12.0 Å². The Morgan fingerprint density at radius 2 is 2.17 bits per heavy atom. The molecule has 0 saturated carbocycles. The Morgan fingerprint density at radius 1 is 1.50 bits per heavy atom. The van der Waals surface area contributed by atoms with E-state index in [1.54, 1.807) is 0 Å². The van der Waals surface area contributed by atoms with Crippen molar-refractivity contribution >= 4 is 17.4 Å². The van der Waals surface area contributed by atoms with Crippen molar-refractivity contribution in [2.24, 2.45) is 0 Å². The Morgan fingerprint density at radius 3 is 2.67 bits per heavy atom. The lowest BCUT2D eigenvalue weighted by atomic mass is 10.00. The number of benzene rings is 1. The Balaban J connectivity index is 2.97. The quantitative estimate of drug-likeness (QED) is 0.565. The van der Waals surface area contributed by atoms with E-state index in [1.165, 1.54) is 13.2 Å². The minimum Gasteiger partial charge on any atom is -0.492 e. The van der Waals surface area contributed by atoms with E-state index in [1.807, 2.05) is 6.92 Å². The molecule has 0 aliphatic carbocycles. The van der Waals surface area contributed by atoms with Crippen molar-refractivity contribution in [1.82, 2.24) is 0 Å². The number of unbranched alkanes of at least 4 members (excludes halogenated alkanes) is 1. The zero-order valence-electron chi connectivity index (χ0n) is 10.6. The molecule has 0 atom stereocenters. The van der Waals surface area contributed by atoms with Crippen LogP contribution < -0.4 is 4.74 Å². The van der Waals surface area contributed by atoms with Gasteiger partial charge in [0.05, 0.1) is 12.1 Å². The number of hydrogen-bond acceptors (Lipinski definition) is 2. The topological polar surface area (TPSA) is 26.3 Å². The minimum atomic E-state index is -0.642. The molecule has 4 heteroatoms. The molecule has 0 spiro atoms. The van der Waals surface area contributed by atoms with Crippen LogP contribution >= 0.6 is 11.6 Å². The van der Waals surface area contributed by atoms with Crippen LogP contribution in [0.2, 0.25) is 5.02 Å². The van der Waals surface area contributed by atoms with E-state index < -0.39 is 5.82 Å². The predicted octanol–water partition coefficient (Wildman–Crippen LogP) is 4.42. The first kappa shape index (κ1) is 14.7. The Hall–Kier alpha value is -1.35. The molecule has 1 rings (SSSR count). The molecule has 98 valence electrons. The van der Waals surface area contributed by atoms with Crippen LogP contribution in [-0.2, 0) is 0 Å². The number of carbonyl (C=O) groups is 1. The third kappa shape index (κ3) is 3.33. The zero-order chi connectivity index (χ0) is 13.7. The van der Waals surface area contributed by atoms with Gasteiger partial charge in [0.1, 0.15) is 0 Å². The van der Waals surface area contributed by atoms with E-state index in [9.17, 15) is 9.18 Å². The molecule has 1 aromatic rings. The maximum absolute atomic E-state index is 13.6. The summed E-state index contributed by atoms with van der Waals surface area (Å²) >= 11 is 5.84. The van der Waals surface area contributed by atoms with Crippen molar-refractivity contribution in [3.8, 4) is 5.75 Å². The lowest BCUT2D eigenvalue weighted by Gasteiger charge is -2.08. The highest BCUT2D eigenvalue weighted by molar-refractivity contribution is 6.32. The van der Waals surface area contributed by atoms with Crippen LogP contribution in [-0.4, -0.2) is 12.9 Å². The van der Waals surface area contributed by atoms with Crippen molar-refractivity contribution in [2.75, 3.05) is 7.11 Å². The second-order valence-electron chi connectivity index (χ2n) is 4.01. The summed E-state index contributed by atoms with van der Waals surface area (Å²) < 4.78 is 18.4. The fourth-order valence-electron chi connectivity index (χ4n) is 1.59. The zero-order valence-corrected chi connectivity index (χ0v) is 11.3. The summed E-state index contributed by atoms with van der Waals surface area (Å²) in [5.41, 5.74) is 0.678. The number of ether oxygens (including phenoxy) is 1. The van der Waals surface area contributed by atoms with E-state index in [4.69, 9.17) is 16.3 Å². The highest BCUT2D eigenvalue weighted by Gasteiger charge is 2.16. The third-order valence-electron chi connectivity index (χ3n) is 2.62. The highest BCUT2D eigenvalue weighted by Crippen LogP contribution is 2.29. The molecule has 0 aliphatic rings. The van der Waals surface area contributed by atoms with Crippen molar-refractivity contribution in [3.05, 3.63) is 40.7 Å². The lowest BCUT2D eigenvalue weighted by Crippen LogP contribution is -2.04. The minimum absolute atomic E-state index is 0.0487. The van der Waals surface area contributed by atoms with E-state index in [0.717, 1.165) is 18.9 Å². The van der Waals surface area contributed by atoms with Crippen LogP contribution in [0.4, 0.5) is 4.39 Å². The van der Waals surface area contributed by atoms with Crippen LogP contribution in [0.15, 0.2) is 24.3 Å². The Kier molecular flexibility index (Phi) is 5.35. The van der Waals surface area contributed by atoms with Gasteiger partial charge in [-0.15, -0.1) is 0 Å². The van der Waals surface area contributed by atoms with Gasteiger partial charge in [-0.2, -0.15) is 0 Å². The monoisotopic (exact) mass is 270 g/mol. The predicted molar refractivity (Wildman–Crippen MR) is 71.0 cm³/mol. The molecular formula is C14H16ClFO2. The number of hydrogen-bond donors (Lipinski definition) is 0. The Bertz CT molecular complexity index is 446. The van der Waals surface area contributed by atoms with E-state index in [-0.39, 0.29) is 22.1 Å². The maximum atomic E-state index is 13.6. The SMILES string of the molecule is C=C(CCCC)C(=O)c1cc(F)c(OC)c(Cl)c1. The van der Waals surface area contributed by atoms with Crippen molar-refractivity contribution in [1.29, 1.82) is 0 Å². The van der Waals surface area contributed by atoms with Crippen molar-refractivity contribution < 1.29 is 13.9 Å². The maximum Gasteiger partial charge on any atom is 0.188 e. The molecule has 0 aromatic heterocycles. The van der Waals surface area contributed by atoms with Gasteiger partial charge in [-0.25, -0.2) is 4.39 Å². The van der Waals surface area contributed by atoms with Gasteiger partial charge < -0.3 is 4.74 Å². The van der Waals surface area contributed by atoms with Gasteiger partial charge in [0.25, 0.3) is 0 Å². The molecular weight excluding hydrogens is 255 g/mol. The average molecular weight is 271 g/mol. The standard InChI is InChI=1S/C14H16ClFO2/c1-4-5-6-9(2)13(17)10-7-11(15)14(18-3)12(16)8-10/h7-8H,2,4-6H2,1,3H3. The van der Waals surface area contributed by atoms with E-state index >= 15 is 0 Å². The van der Waals surface area contributed by atoms with Gasteiger partial charge in [-0.1, -0.05) is 31.5 Å². The van der Waals surface area contributed by atoms with Crippen LogP contribution in [0.25, 0.3) is 0 Å². The second kappa shape index (κ2) is 6.55. The largest absolute Gasteiger partial charge is 0.492 e. The molecule has 18 heavy (non-hydrogen) atoms. The summed E-state index contributed by atoms with van der Waals surface area (Å²) in [6, 6.07) is 2.53. The summed E-state index contributed by atoms with van der Waals surface area (Å²) in [5.74, 6) is -0.962. The fourth-order valence-corrected chi connectivity index (χ4v) is 1.88. The van der Waals surface area contributed by atoms with Gasteiger partial charge >= 0.3 is 0 Å². The van der Waals surface area contributed by atoms with Gasteiger partial charge in [-0.3, -0.25) is 4.79 Å². The molecule has 0 amide bonds. The first-order valence-electron chi connectivity index (χ1n) is 5.76. The molecule has 0 saturated heterocycles. The number of rotatable bonds is 6. The average Bonchev–Trinajstić information content (AvgIpc) is 2.34. The molecule has 0 bridgehead atoms. The van der Waals surface area contributed by atoms with Crippen molar-refractivity contribution in [2.45, 2.75) is 26.2 Å². The number of methoxy groups -OCH3 is 1. The molecule has 0 unspecified atom stereocenters. The first-order chi connectivity index (χ1) is 8.51. The van der Waals surface area contributed by atoms with Crippen LogP contribution in [0, 0.1) is 5.82 Å². The second-order valence-corrected chi connectivity index (χ2v) is 4.42. The smallest absolute Gasteiger partial charge is 0.188 e. The molecule has 0 radical (unpaired) electrons. The molecule has 0 fully saturated rings. The summed E-state index contributed by atoms with van der Waals surface area (Å²) in [7, 11) is 1.33. The molecule has 1 aromatic carbocycles. The number of allylic oxidation sites excluding steroid dienone is 1. The highest BCUT2D eigenvalue weighted by atomic mass is 35.5. The first-order valence-corrected chi connectivity index (χ1v) is 6.14.